The Morgan fingerprint density at radius 2 is 1.53 bits per heavy atom. The van der Waals surface area contributed by atoms with Crippen molar-refractivity contribution in [1.29, 1.82) is 0 Å². The summed E-state index contributed by atoms with van der Waals surface area (Å²) in [5, 5.41) is 3.43. The molecule has 8 aromatic rings. The van der Waals surface area contributed by atoms with E-state index in [0.29, 0.717) is 5.69 Å². The summed E-state index contributed by atoms with van der Waals surface area (Å²) in [7, 11) is 2.07. The summed E-state index contributed by atoms with van der Waals surface area (Å²) in [4.78, 5) is 13.7. The molecular formula is C44H36BN5Pt. The monoisotopic (exact) mass is 840 g/mol. The molecular weight excluding hydrogens is 804 g/mol. The molecule has 0 aliphatic carbocycles. The van der Waals surface area contributed by atoms with Crippen LogP contribution in [-0.4, -0.2) is 25.8 Å². The number of para-hydroxylation sites is 1. The number of hydrogen-bond donors (Lipinski definition) is 0. The fourth-order valence-corrected chi connectivity index (χ4v) is 7.22. The van der Waals surface area contributed by atoms with E-state index < -0.39 is 0 Å². The van der Waals surface area contributed by atoms with Gasteiger partial charge in [0.1, 0.15) is 11.5 Å². The first-order valence-electron chi connectivity index (χ1n) is 17.0. The molecule has 7 heteroatoms. The quantitative estimate of drug-likeness (QED) is 0.129. The number of aryl methyl sites for hydroxylation is 2. The van der Waals surface area contributed by atoms with Gasteiger partial charge in [0.05, 0.1) is 12.1 Å². The second-order valence-corrected chi connectivity index (χ2v) is 14.2. The van der Waals surface area contributed by atoms with E-state index in [1.165, 1.54) is 16.8 Å². The normalized spacial score (nSPS) is 11.5. The second-order valence-electron chi connectivity index (χ2n) is 14.2. The van der Waals surface area contributed by atoms with Gasteiger partial charge in [-0.15, -0.1) is 29.1 Å². The van der Waals surface area contributed by atoms with Crippen molar-refractivity contribution in [1.82, 2.24) is 19.1 Å². The van der Waals surface area contributed by atoms with Crippen LogP contribution in [0.25, 0.3) is 54.6 Å². The summed E-state index contributed by atoms with van der Waals surface area (Å²) in [5.41, 5.74) is 11.9. The van der Waals surface area contributed by atoms with Gasteiger partial charge in [-0.2, -0.15) is 29.1 Å². The van der Waals surface area contributed by atoms with Crippen molar-refractivity contribution >= 4 is 61.5 Å². The Hall–Kier alpha value is -5.24. The summed E-state index contributed by atoms with van der Waals surface area (Å²) in [6.45, 7) is 18.8. The van der Waals surface area contributed by atoms with Gasteiger partial charge in [0, 0.05) is 30.7 Å². The van der Waals surface area contributed by atoms with Crippen molar-refractivity contribution in [3.05, 3.63) is 150 Å². The Bertz CT molecular complexity index is 2640. The number of nitrogens with zero attached hydrogens (tertiary/aromatic N) is 5. The third-order valence-electron chi connectivity index (χ3n) is 10.2. The summed E-state index contributed by atoms with van der Waals surface area (Å²) >= 11 is 0. The molecule has 0 atom stereocenters. The number of fused-ring (bicyclic) bond motifs is 4. The average Bonchev–Trinajstić information content (AvgIpc) is 3.58. The number of aromatic nitrogens is 4. The largest absolute Gasteiger partial charge is 2.00 e. The van der Waals surface area contributed by atoms with Gasteiger partial charge in [0.2, 0.25) is 0 Å². The van der Waals surface area contributed by atoms with Gasteiger partial charge in [-0.25, -0.2) is 4.98 Å². The molecule has 0 spiro atoms. The third kappa shape index (κ3) is 5.90. The van der Waals surface area contributed by atoms with Gasteiger partial charge in [0.25, 0.3) is 0 Å². The summed E-state index contributed by atoms with van der Waals surface area (Å²) < 4.78 is 4.41. The minimum Gasteiger partial charge on any atom is -0.346 e. The molecule has 0 bridgehead atoms. The van der Waals surface area contributed by atoms with Crippen molar-refractivity contribution < 1.29 is 21.1 Å². The smallest absolute Gasteiger partial charge is 0.346 e. The van der Waals surface area contributed by atoms with Crippen molar-refractivity contribution in [2.24, 2.45) is 7.05 Å². The van der Waals surface area contributed by atoms with Crippen LogP contribution in [0, 0.1) is 32.6 Å². The molecule has 4 aromatic heterocycles. The Morgan fingerprint density at radius 3 is 2.29 bits per heavy atom. The van der Waals surface area contributed by atoms with Crippen LogP contribution in [0.3, 0.4) is 0 Å². The molecule has 0 aliphatic rings. The average molecular weight is 841 g/mol. The van der Waals surface area contributed by atoms with E-state index in [9.17, 15) is 0 Å². The Balaban J connectivity index is 0.00000406. The molecule has 51 heavy (non-hydrogen) atoms. The van der Waals surface area contributed by atoms with Crippen LogP contribution >= 0.6 is 0 Å². The van der Waals surface area contributed by atoms with Gasteiger partial charge in [-0.05, 0) is 65.1 Å². The number of hydrogen-bond acceptors (Lipinski definition) is 2. The molecule has 0 amide bonds. The summed E-state index contributed by atoms with van der Waals surface area (Å²) in [6, 6.07) is 41.2. The van der Waals surface area contributed by atoms with Crippen LogP contribution in [0.4, 0.5) is 5.69 Å². The minimum atomic E-state index is -0.231. The molecule has 0 N–H and O–H groups in total. The maximum atomic E-state index is 8.07. The van der Waals surface area contributed by atoms with E-state index in [1.54, 1.807) is 0 Å². The Labute approximate surface area is 314 Å². The molecule has 4 aromatic carbocycles. The molecule has 0 saturated carbocycles. The van der Waals surface area contributed by atoms with Crippen LogP contribution in [-0.2, 0) is 33.5 Å². The van der Waals surface area contributed by atoms with Crippen molar-refractivity contribution in [3.8, 4) is 17.1 Å². The zero-order valence-electron chi connectivity index (χ0n) is 29.5. The maximum Gasteiger partial charge on any atom is 2.00 e. The van der Waals surface area contributed by atoms with E-state index in [1.807, 2.05) is 30.6 Å². The van der Waals surface area contributed by atoms with E-state index in [4.69, 9.17) is 16.5 Å². The predicted molar refractivity (Wildman–Crippen MR) is 208 cm³/mol. The van der Waals surface area contributed by atoms with Gasteiger partial charge in [-0.1, -0.05) is 86.3 Å². The first-order chi connectivity index (χ1) is 24.1. The van der Waals surface area contributed by atoms with E-state index in [0.717, 1.165) is 66.2 Å². The topological polar surface area (TPSA) is 40.0 Å². The number of rotatable bonds is 5. The molecule has 0 radical (unpaired) electrons. The molecule has 0 fully saturated rings. The molecule has 8 rings (SSSR count). The number of benzene rings is 4. The third-order valence-corrected chi connectivity index (χ3v) is 10.2. The van der Waals surface area contributed by atoms with E-state index >= 15 is 0 Å². The fourth-order valence-electron chi connectivity index (χ4n) is 7.22. The molecule has 0 unspecified atom stereocenters. The van der Waals surface area contributed by atoms with Crippen LogP contribution in [0.5, 0.6) is 0 Å². The molecule has 0 saturated heterocycles. The Morgan fingerprint density at radius 1 is 0.765 bits per heavy atom. The maximum absolute atomic E-state index is 8.07. The predicted octanol–water partition coefficient (Wildman–Crippen LogP) is 8.31. The van der Waals surface area contributed by atoms with Crippen LogP contribution < -0.4 is 16.4 Å². The van der Waals surface area contributed by atoms with Crippen molar-refractivity contribution in [2.75, 3.05) is 0 Å². The number of pyridine rings is 2. The molecule has 5 nitrogen and oxygen atoms in total. The van der Waals surface area contributed by atoms with E-state index in [-0.39, 0.29) is 33.2 Å². The zero-order chi connectivity index (χ0) is 34.7. The van der Waals surface area contributed by atoms with Crippen molar-refractivity contribution in [3.63, 3.8) is 0 Å². The second kappa shape index (κ2) is 13.1. The fraction of sp³-hybridized carbons (Fsp3) is 0.159. The van der Waals surface area contributed by atoms with Gasteiger partial charge in [-0.3, -0.25) is 4.85 Å². The van der Waals surface area contributed by atoms with E-state index in [2.05, 4.69) is 147 Å². The van der Waals surface area contributed by atoms with Gasteiger partial charge < -0.3 is 14.1 Å². The zero-order valence-corrected chi connectivity index (χ0v) is 31.8. The van der Waals surface area contributed by atoms with Crippen molar-refractivity contribution in [2.45, 2.75) is 40.0 Å². The minimum absolute atomic E-state index is 0. The van der Waals surface area contributed by atoms with Crippen LogP contribution in [0.1, 0.15) is 37.6 Å². The summed E-state index contributed by atoms with van der Waals surface area (Å²) in [5.74, 6) is 0.866. The summed E-state index contributed by atoms with van der Waals surface area (Å²) in [6.07, 6.45) is 3.84. The molecule has 250 valence electrons. The van der Waals surface area contributed by atoms with Gasteiger partial charge in [0.15, 0.2) is 6.71 Å². The standard InChI is InChI=1S/C44H36BN5.Pt/c1-28-29(2)49(7)42-27-48-39(26-38(28)42)30-21-34(24-35(22-30)46-6)45(32-13-9-8-10-14-32)33-17-18-37-36-15-11-12-16-40(36)50(41(37)25-33)43-23-31(19-20-47-43)44(3,4)5;/h8-20,22-24,26-27H,1-5,7H3;/q-2;+2. The molecule has 0 aliphatic heterocycles. The van der Waals surface area contributed by atoms with Crippen LogP contribution in [0.2, 0.25) is 0 Å². The van der Waals surface area contributed by atoms with Gasteiger partial charge >= 0.3 is 21.1 Å². The first-order valence-corrected chi connectivity index (χ1v) is 17.0. The Kier molecular flexibility index (Phi) is 8.82. The molecule has 4 heterocycles. The SMILES string of the molecule is [C-]#[N+]c1cc(B(c2[c-]c3c(cc2)c2ccccc2n3-c2cc(C(C)(C)C)ccn2)c2ccccc2)[c-]c(-c2cc3c(C)c(C)n(C)c3cn2)c1.[Pt+2]. The first kappa shape index (κ1) is 34.2. The van der Waals surface area contributed by atoms with Crippen LogP contribution in [0.15, 0.2) is 109 Å².